The first-order valence-electron chi connectivity index (χ1n) is 10.0. The van der Waals surface area contributed by atoms with E-state index in [4.69, 9.17) is 25.8 Å². The minimum atomic E-state index is -0.417. The Hall–Kier alpha value is -3.02. The maximum atomic E-state index is 12.5. The maximum Gasteiger partial charge on any atom is 0.261 e. The molecule has 0 fully saturated rings. The van der Waals surface area contributed by atoms with Crippen molar-refractivity contribution >= 4 is 51.6 Å². The molecule has 0 spiro atoms. The third-order valence-corrected chi connectivity index (χ3v) is 6.75. The largest absolute Gasteiger partial charge is 0.496 e. The number of nitrogens with zero attached hydrogens (tertiary/aromatic N) is 2. The monoisotopic (exact) mass is 522 g/mol. The van der Waals surface area contributed by atoms with E-state index >= 15 is 0 Å². The zero-order valence-electron chi connectivity index (χ0n) is 18.7. The molecule has 0 radical (unpaired) electrons. The molecule has 0 saturated heterocycles. The molecular formula is C22H23ClN4O5S2. The van der Waals surface area contributed by atoms with Crippen molar-refractivity contribution in [3.05, 3.63) is 52.5 Å². The van der Waals surface area contributed by atoms with Crippen LogP contribution in [0.4, 0.5) is 5.13 Å². The van der Waals surface area contributed by atoms with E-state index in [1.807, 2.05) is 18.2 Å². The van der Waals surface area contributed by atoms with Crippen LogP contribution in [0.1, 0.15) is 15.9 Å². The molecule has 0 atom stereocenters. The van der Waals surface area contributed by atoms with Crippen LogP contribution < -0.4 is 24.8 Å². The number of rotatable bonds is 11. The van der Waals surface area contributed by atoms with Gasteiger partial charge < -0.3 is 19.5 Å². The number of halogens is 1. The molecule has 12 heteroatoms. The highest BCUT2D eigenvalue weighted by atomic mass is 35.5. The number of aromatic nitrogens is 2. The van der Waals surface area contributed by atoms with Gasteiger partial charge in [0.25, 0.3) is 5.91 Å². The van der Waals surface area contributed by atoms with Crippen molar-refractivity contribution in [1.82, 2.24) is 15.5 Å². The SMILES string of the molecule is COc1ccc(CCNC(=O)CSc2nnc(NC(=O)c3cc(Cl)ccc3OC)s2)cc1OC. The molecule has 2 aromatic carbocycles. The normalized spacial score (nSPS) is 10.5. The van der Waals surface area contributed by atoms with E-state index in [-0.39, 0.29) is 17.2 Å². The molecule has 0 aliphatic carbocycles. The maximum absolute atomic E-state index is 12.5. The number of thioether (sulfide) groups is 1. The zero-order valence-corrected chi connectivity index (χ0v) is 21.1. The van der Waals surface area contributed by atoms with Gasteiger partial charge in [0.15, 0.2) is 15.8 Å². The predicted octanol–water partition coefficient (Wildman–Crippen LogP) is 3.92. The van der Waals surface area contributed by atoms with Crippen molar-refractivity contribution in [3.63, 3.8) is 0 Å². The van der Waals surface area contributed by atoms with Crippen LogP contribution in [0, 0.1) is 0 Å². The van der Waals surface area contributed by atoms with Gasteiger partial charge in [0, 0.05) is 11.6 Å². The molecule has 2 N–H and O–H groups in total. The Labute approximate surface area is 210 Å². The third kappa shape index (κ3) is 6.99. The van der Waals surface area contributed by atoms with E-state index in [0.29, 0.717) is 44.7 Å². The summed E-state index contributed by atoms with van der Waals surface area (Å²) in [6, 6.07) is 10.4. The number of ether oxygens (including phenoxy) is 3. The van der Waals surface area contributed by atoms with Crippen LogP contribution >= 0.6 is 34.7 Å². The van der Waals surface area contributed by atoms with Gasteiger partial charge in [0.05, 0.1) is 32.6 Å². The highest BCUT2D eigenvalue weighted by Crippen LogP contribution is 2.29. The van der Waals surface area contributed by atoms with E-state index in [0.717, 1.165) is 5.56 Å². The van der Waals surface area contributed by atoms with E-state index in [1.54, 1.807) is 26.4 Å². The van der Waals surface area contributed by atoms with E-state index in [1.165, 1.54) is 36.3 Å². The summed E-state index contributed by atoms with van der Waals surface area (Å²) in [5.74, 6) is 1.33. The highest BCUT2D eigenvalue weighted by Gasteiger charge is 2.16. The fraction of sp³-hybridized carbons (Fsp3) is 0.273. The summed E-state index contributed by atoms with van der Waals surface area (Å²) in [6.07, 6.45) is 0.652. The number of anilines is 1. The Balaban J connectivity index is 1.45. The predicted molar refractivity (Wildman–Crippen MR) is 133 cm³/mol. The molecule has 34 heavy (non-hydrogen) atoms. The minimum absolute atomic E-state index is 0.130. The van der Waals surface area contributed by atoms with Crippen LogP contribution in [0.2, 0.25) is 5.02 Å². The molecule has 0 saturated carbocycles. The van der Waals surface area contributed by atoms with Crippen molar-refractivity contribution in [2.45, 2.75) is 10.8 Å². The Morgan fingerprint density at radius 3 is 2.47 bits per heavy atom. The minimum Gasteiger partial charge on any atom is -0.496 e. The number of carbonyl (C=O) groups is 2. The molecule has 0 bridgehead atoms. The smallest absolute Gasteiger partial charge is 0.261 e. The van der Waals surface area contributed by atoms with E-state index < -0.39 is 5.91 Å². The Morgan fingerprint density at radius 2 is 1.74 bits per heavy atom. The first-order valence-corrected chi connectivity index (χ1v) is 12.2. The second-order valence-electron chi connectivity index (χ2n) is 6.75. The Bertz CT molecular complexity index is 1160. The van der Waals surface area contributed by atoms with Gasteiger partial charge in [-0.25, -0.2) is 0 Å². The van der Waals surface area contributed by atoms with Crippen molar-refractivity contribution < 1.29 is 23.8 Å². The quantitative estimate of drug-likeness (QED) is 0.288. The first-order chi connectivity index (χ1) is 16.4. The Morgan fingerprint density at radius 1 is 1.00 bits per heavy atom. The fourth-order valence-corrected chi connectivity index (χ4v) is 4.65. The van der Waals surface area contributed by atoms with Gasteiger partial charge in [-0.2, -0.15) is 0 Å². The molecule has 0 aliphatic rings. The van der Waals surface area contributed by atoms with Crippen LogP contribution in [-0.4, -0.2) is 55.6 Å². The molecule has 3 aromatic rings. The average Bonchev–Trinajstić information content (AvgIpc) is 3.29. The summed E-state index contributed by atoms with van der Waals surface area (Å²) in [5.41, 5.74) is 1.31. The molecule has 3 rings (SSSR count). The second kappa shape index (κ2) is 12.4. The summed E-state index contributed by atoms with van der Waals surface area (Å²) in [5, 5.41) is 14.2. The number of benzene rings is 2. The second-order valence-corrected chi connectivity index (χ2v) is 9.39. The van der Waals surface area contributed by atoms with Gasteiger partial charge in [-0.05, 0) is 42.3 Å². The standard InChI is InChI=1S/C22H23ClN4O5S2/c1-30-16-7-5-14(23)11-15(16)20(29)25-21-26-27-22(34-21)33-12-19(28)24-9-8-13-4-6-17(31-2)18(10-13)32-3/h4-7,10-11H,8-9,12H2,1-3H3,(H,24,28)(H,25,26,29). The topological polar surface area (TPSA) is 112 Å². The fourth-order valence-electron chi connectivity index (χ4n) is 2.90. The molecule has 1 aromatic heterocycles. The average molecular weight is 523 g/mol. The van der Waals surface area contributed by atoms with Crippen LogP contribution in [0.5, 0.6) is 17.2 Å². The molecule has 180 valence electrons. The van der Waals surface area contributed by atoms with Crippen molar-refractivity contribution in [2.75, 3.05) is 38.9 Å². The molecule has 0 unspecified atom stereocenters. The van der Waals surface area contributed by atoms with Crippen LogP contribution in [0.3, 0.4) is 0 Å². The number of methoxy groups -OCH3 is 3. The summed E-state index contributed by atoms with van der Waals surface area (Å²) in [7, 11) is 4.64. The molecule has 1 heterocycles. The van der Waals surface area contributed by atoms with Gasteiger partial charge in [0.1, 0.15) is 5.75 Å². The van der Waals surface area contributed by atoms with Gasteiger partial charge in [0.2, 0.25) is 11.0 Å². The highest BCUT2D eigenvalue weighted by molar-refractivity contribution is 8.01. The molecule has 2 amide bonds. The van der Waals surface area contributed by atoms with Crippen LogP contribution in [0.15, 0.2) is 40.7 Å². The van der Waals surface area contributed by atoms with Gasteiger partial charge in [-0.15, -0.1) is 10.2 Å². The summed E-state index contributed by atoms with van der Waals surface area (Å²) in [6.45, 7) is 0.480. The number of hydrogen-bond acceptors (Lipinski definition) is 9. The van der Waals surface area contributed by atoms with Gasteiger partial charge >= 0.3 is 0 Å². The summed E-state index contributed by atoms with van der Waals surface area (Å²) in [4.78, 5) is 24.7. The lowest BCUT2D eigenvalue weighted by molar-refractivity contribution is -0.118. The number of carbonyl (C=O) groups excluding carboxylic acids is 2. The number of hydrogen-bond donors (Lipinski definition) is 2. The van der Waals surface area contributed by atoms with Crippen molar-refractivity contribution in [1.29, 1.82) is 0 Å². The van der Waals surface area contributed by atoms with Gasteiger partial charge in [-0.1, -0.05) is 40.8 Å². The lowest BCUT2D eigenvalue weighted by Crippen LogP contribution is -2.27. The lowest BCUT2D eigenvalue weighted by atomic mass is 10.1. The number of amides is 2. The lowest BCUT2D eigenvalue weighted by Gasteiger charge is -2.10. The van der Waals surface area contributed by atoms with E-state index in [2.05, 4.69) is 20.8 Å². The van der Waals surface area contributed by atoms with Crippen LogP contribution in [-0.2, 0) is 11.2 Å². The Kier molecular flexibility index (Phi) is 9.37. The first kappa shape index (κ1) is 25.6. The summed E-state index contributed by atoms with van der Waals surface area (Å²) < 4.78 is 16.3. The third-order valence-electron chi connectivity index (χ3n) is 4.54. The molecule has 0 aliphatic heterocycles. The van der Waals surface area contributed by atoms with Crippen LogP contribution in [0.25, 0.3) is 0 Å². The van der Waals surface area contributed by atoms with Crippen molar-refractivity contribution in [2.24, 2.45) is 0 Å². The summed E-state index contributed by atoms with van der Waals surface area (Å²) >= 11 is 8.39. The number of nitrogens with one attached hydrogen (secondary N) is 2. The van der Waals surface area contributed by atoms with E-state index in [9.17, 15) is 9.59 Å². The van der Waals surface area contributed by atoms with Crippen molar-refractivity contribution in [3.8, 4) is 17.2 Å². The molecule has 9 nitrogen and oxygen atoms in total. The zero-order chi connectivity index (χ0) is 24.5. The molecular weight excluding hydrogens is 500 g/mol. The van der Waals surface area contributed by atoms with Gasteiger partial charge in [-0.3, -0.25) is 14.9 Å².